The summed E-state index contributed by atoms with van der Waals surface area (Å²) < 4.78 is 15.4. The summed E-state index contributed by atoms with van der Waals surface area (Å²) in [5, 5.41) is 7.27. The number of anilines is 1. The molecule has 19 heavy (non-hydrogen) atoms. The van der Waals surface area contributed by atoms with E-state index in [4.69, 9.17) is 0 Å². The van der Waals surface area contributed by atoms with Gasteiger partial charge in [0, 0.05) is 17.8 Å². The maximum Gasteiger partial charge on any atom is 0.157 e. The topological polar surface area (TPSA) is 42.2 Å². The predicted octanol–water partition coefficient (Wildman–Crippen LogP) is 3.04. The number of aromatic nitrogens is 3. The normalized spacial score (nSPS) is 12.5. The van der Waals surface area contributed by atoms with Crippen LogP contribution in [0, 0.1) is 5.82 Å². The van der Waals surface area contributed by atoms with E-state index in [1.807, 2.05) is 31.3 Å². The third-order valence-electron chi connectivity index (χ3n) is 2.99. The number of nitrogens with one attached hydrogen (secondary N) is 1. The molecule has 1 unspecified atom stereocenters. The van der Waals surface area contributed by atoms with Crippen LogP contribution in [-0.4, -0.2) is 14.6 Å². The van der Waals surface area contributed by atoms with Gasteiger partial charge in [-0.25, -0.2) is 13.9 Å². The molecule has 1 aromatic carbocycles. The smallest absolute Gasteiger partial charge is 0.157 e. The monoisotopic (exact) mass is 256 g/mol. The molecule has 0 saturated carbocycles. The van der Waals surface area contributed by atoms with Crippen LogP contribution in [0.15, 0.2) is 48.8 Å². The molecule has 2 heterocycles. The van der Waals surface area contributed by atoms with E-state index in [-0.39, 0.29) is 11.9 Å². The van der Waals surface area contributed by atoms with Crippen LogP contribution in [0.3, 0.4) is 0 Å². The van der Waals surface area contributed by atoms with Gasteiger partial charge in [0.25, 0.3) is 0 Å². The third kappa shape index (κ3) is 2.27. The van der Waals surface area contributed by atoms with Gasteiger partial charge in [-0.1, -0.05) is 18.2 Å². The lowest BCUT2D eigenvalue weighted by Crippen LogP contribution is -2.10. The van der Waals surface area contributed by atoms with Crippen molar-refractivity contribution in [1.29, 1.82) is 0 Å². The Morgan fingerprint density at radius 3 is 2.89 bits per heavy atom. The van der Waals surface area contributed by atoms with E-state index in [2.05, 4.69) is 15.4 Å². The average Bonchev–Trinajstić information content (AvgIpc) is 2.86. The molecule has 1 atom stereocenters. The van der Waals surface area contributed by atoms with Crippen molar-refractivity contribution in [2.75, 3.05) is 5.32 Å². The zero-order valence-corrected chi connectivity index (χ0v) is 10.4. The Balaban J connectivity index is 1.86. The Bertz CT molecular complexity index is 707. The van der Waals surface area contributed by atoms with Crippen molar-refractivity contribution < 1.29 is 4.39 Å². The first-order valence-corrected chi connectivity index (χ1v) is 6.05. The molecule has 2 aromatic heterocycles. The summed E-state index contributed by atoms with van der Waals surface area (Å²) in [6.07, 6.45) is 3.51. The Hall–Kier alpha value is -2.43. The Morgan fingerprint density at radius 2 is 2.05 bits per heavy atom. The van der Waals surface area contributed by atoms with Crippen molar-refractivity contribution in [3.05, 3.63) is 60.2 Å². The van der Waals surface area contributed by atoms with E-state index in [0.717, 1.165) is 5.65 Å². The van der Waals surface area contributed by atoms with Gasteiger partial charge in [0.15, 0.2) is 5.65 Å². The molecule has 0 saturated heterocycles. The van der Waals surface area contributed by atoms with Gasteiger partial charge in [0.05, 0.1) is 12.2 Å². The molecule has 0 radical (unpaired) electrons. The molecular formula is C14H13FN4. The molecule has 0 aliphatic rings. The first-order valence-electron chi connectivity index (χ1n) is 6.05. The molecule has 3 rings (SSSR count). The molecule has 3 aromatic rings. The lowest BCUT2D eigenvalue weighted by atomic mass is 10.1. The van der Waals surface area contributed by atoms with Gasteiger partial charge in [-0.05, 0) is 19.1 Å². The van der Waals surface area contributed by atoms with Crippen molar-refractivity contribution in [3.63, 3.8) is 0 Å². The fourth-order valence-electron chi connectivity index (χ4n) is 2.02. The summed E-state index contributed by atoms with van der Waals surface area (Å²) in [4.78, 5) is 4.40. The predicted molar refractivity (Wildman–Crippen MR) is 71.4 cm³/mol. The zero-order valence-electron chi connectivity index (χ0n) is 10.4. The highest BCUT2D eigenvalue weighted by atomic mass is 19.1. The Morgan fingerprint density at radius 1 is 1.21 bits per heavy atom. The van der Waals surface area contributed by atoms with Crippen LogP contribution in [0.25, 0.3) is 5.65 Å². The number of fused-ring (bicyclic) bond motifs is 1. The second-order valence-corrected chi connectivity index (χ2v) is 4.33. The van der Waals surface area contributed by atoms with Crippen LogP contribution >= 0.6 is 0 Å². The molecule has 0 fully saturated rings. The van der Waals surface area contributed by atoms with Gasteiger partial charge in [0.1, 0.15) is 11.6 Å². The van der Waals surface area contributed by atoms with Crippen LogP contribution in [0.1, 0.15) is 18.5 Å². The van der Waals surface area contributed by atoms with Gasteiger partial charge in [-0.3, -0.25) is 0 Å². The maximum atomic E-state index is 13.7. The minimum Gasteiger partial charge on any atom is -0.363 e. The molecule has 0 bridgehead atoms. The van der Waals surface area contributed by atoms with Crippen molar-refractivity contribution in [2.24, 2.45) is 0 Å². The quantitative estimate of drug-likeness (QED) is 0.783. The second-order valence-electron chi connectivity index (χ2n) is 4.33. The standard InChI is InChI=1S/C14H13FN4/c1-10(11-4-2-3-5-12(11)15)17-13-7-9-19-14(18-13)6-8-16-19/h2-10H,1H3,(H,17,18). The van der Waals surface area contributed by atoms with E-state index in [0.29, 0.717) is 11.4 Å². The van der Waals surface area contributed by atoms with Gasteiger partial charge in [0.2, 0.25) is 0 Å². The molecular weight excluding hydrogens is 243 g/mol. The minimum atomic E-state index is -0.215. The van der Waals surface area contributed by atoms with Crippen LogP contribution in [0.5, 0.6) is 0 Å². The van der Waals surface area contributed by atoms with Crippen LogP contribution < -0.4 is 5.32 Å². The molecule has 0 aliphatic carbocycles. The lowest BCUT2D eigenvalue weighted by molar-refractivity contribution is 0.600. The number of nitrogens with zero attached hydrogens (tertiary/aromatic N) is 3. The van der Waals surface area contributed by atoms with Crippen molar-refractivity contribution in [1.82, 2.24) is 14.6 Å². The average molecular weight is 256 g/mol. The fourth-order valence-corrected chi connectivity index (χ4v) is 2.02. The first kappa shape index (κ1) is 11.6. The Labute approximate surface area is 109 Å². The molecule has 0 amide bonds. The summed E-state index contributed by atoms with van der Waals surface area (Å²) in [5.41, 5.74) is 1.38. The van der Waals surface area contributed by atoms with E-state index >= 15 is 0 Å². The highest BCUT2D eigenvalue weighted by Gasteiger charge is 2.10. The molecule has 5 heteroatoms. The number of rotatable bonds is 3. The fraction of sp³-hybridized carbons (Fsp3) is 0.143. The summed E-state index contributed by atoms with van der Waals surface area (Å²) in [7, 11) is 0. The first-order chi connectivity index (χ1) is 9.24. The van der Waals surface area contributed by atoms with Gasteiger partial charge in [-0.15, -0.1) is 0 Å². The number of halogens is 1. The Kier molecular flexibility index (Phi) is 2.87. The van der Waals surface area contributed by atoms with Crippen LogP contribution in [-0.2, 0) is 0 Å². The minimum absolute atomic E-state index is 0.154. The van der Waals surface area contributed by atoms with Crippen LogP contribution in [0.4, 0.5) is 10.2 Å². The number of hydrogen-bond acceptors (Lipinski definition) is 3. The van der Waals surface area contributed by atoms with E-state index in [9.17, 15) is 4.39 Å². The summed E-state index contributed by atoms with van der Waals surface area (Å²) in [6.45, 7) is 1.90. The van der Waals surface area contributed by atoms with Crippen molar-refractivity contribution in [3.8, 4) is 0 Å². The van der Waals surface area contributed by atoms with E-state index < -0.39 is 0 Å². The molecule has 4 nitrogen and oxygen atoms in total. The molecule has 0 spiro atoms. The van der Waals surface area contributed by atoms with Crippen molar-refractivity contribution >= 4 is 11.5 Å². The number of benzene rings is 1. The van der Waals surface area contributed by atoms with E-state index in [1.54, 1.807) is 22.8 Å². The summed E-state index contributed by atoms with van der Waals surface area (Å²) in [5.74, 6) is 0.483. The maximum absolute atomic E-state index is 13.7. The zero-order chi connectivity index (χ0) is 13.2. The summed E-state index contributed by atoms with van der Waals surface area (Å²) in [6, 6.07) is 10.2. The molecule has 0 aliphatic heterocycles. The van der Waals surface area contributed by atoms with Gasteiger partial charge < -0.3 is 5.32 Å². The second kappa shape index (κ2) is 4.68. The largest absolute Gasteiger partial charge is 0.363 e. The molecule has 96 valence electrons. The lowest BCUT2D eigenvalue weighted by Gasteiger charge is -2.15. The van der Waals surface area contributed by atoms with Gasteiger partial charge in [-0.2, -0.15) is 5.10 Å². The number of hydrogen-bond donors (Lipinski definition) is 1. The highest BCUT2D eigenvalue weighted by Crippen LogP contribution is 2.20. The third-order valence-corrected chi connectivity index (χ3v) is 2.99. The SMILES string of the molecule is CC(Nc1ccn2nccc2n1)c1ccccc1F. The van der Waals surface area contributed by atoms with Gasteiger partial charge >= 0.3 is 0 Å². The molecule has 1 N–H and O–H groups in total. The van der Waals surface area contributed by atoms with E-state index in [1.165, 1.54) is 6.07 Å². The highest BCUT2D eigenvalue weighted by molar-refractivity contribution is 5.46. The summed E-state index contributed by atoms with van der Waals surface area (Å²) >= 11 is 0. The van der Waals surface area contributed by atoms with Crippen molar-refractivity contribution in [2.45, 2.75) is 13.0 Å². The van der Waals surface area contributed by atoms with Crippen LogP contribution in [0.2, 0.25) is 0 Å².